The summed E-state index contributed by atoms with van der Waals surface area (Å²) >= 11 is 7.07. The minimum absolute atomic E-state index is 0.107. The number of nitrogens with zero attached hydrogens (tertiary/aromatic N) is 2. The number of piperidine rings is 1. The molecule has 5 rings (SSSR count). The van der Waals surface area contributed by atoms with Crippen LogP contribution in [-0.4, -0.2) is 46.2 Å². The summed E-state index contributed by atoms with van der Waals surface area (Å²) in [5.41, 5.74) is 0.871. The highest BCUT2D eigenvalue weighted by molar-refractivity contribution is 7.13. The molecule has 0 bridgehead atoms. The van der Waals surface area contributed by atoms with Gasteiger partial charge in [0.2, 0.25) is 0 Å². The fourth-order valence-electron chi connectivity index (χ4n) is 3.81. The first-order valence-electron chi connectivity index (χ1n) is 10.8. The van der Waals surface area contributed by atoms with Crippen LogP contribution in [0, 0.1) is 5.82 Å². The van der Waals surface area contributed by atoms with Crippen LogP contribution in [0.3, 0.4) is 0 Å². The van der Waals surface area contributed by atoms with Gasteiger partial charge in [0, 0.05) is 29.7 Å². The van der Waals surface area contributed by atoms with E-state index in [0.717, 1.165) is 37.1 Å². The van der Waals surface area contributed by atoms with Gasteiger partial charge >= 0.3 is 6.09 Å². The lowest BCUT2D eigenvalue weighted by Crippen LogP contribution is -2.37. The summed E-state index contributed by atoms with van der Waals surface area (Å²) in [6.45, 7) is 1.76. The molecule has 2 aromatic carbocycles. The highest BCUT2D eigenvalue weighted by atomic mass is 35.5. The summed E-state index contributed by atoms with van der Waals surface area (Å²) in [5.74, 6) is -1.52. The molecule has 2 amide bonds. The van der Waals surface area contributed by atoms with Crippen LogP contribution in [0.4, 0.5) is 9.18 Å². The molecule has 0 spiro atoms. The van der Waals surface area contributed by atoms with E-state index in [1.54, 1.807) is 35.8 Å². The number of halogens is 2. The fraction of sp³-hybridized carbons (Fsp3) is 0.292. The van der Waals surface area contributed by atoms with Gasteiger partial charge < -0.3 is 20.1 Å². The number of amides is 2. The molecule has 0 aliphatic carbocycles. The normalized spacial score (nSPS) is 16.8. The van der Waals surface area contributed by atoms with Gasteiger partial charge in [-0.3, -0.25) is 4.79 Å². The van der Waals surface area contributed by atoms with Crippen molar-refractivity contribution in [3.8, 4) is 16.3 Å². The highest BCUT2D eigenvalue weighted by Crippen LogP contribution is 2.32. The maximum Gasteiger partial charge on any atom is 0.410 e. The van der Waals surface area contributed by atoms with E-state index in [0.29, 0.717) is 22.7 Å². The summed E-state index contributed by atoms with van der Waals surface area (Å²) in [7, 11) is 0. The van der Waals surface area contributed by atoms with E-state index in [4.69, 9.17) is 16.3 Å². The van der Waals surface area contributed by atoms with Gasteiger partial charge in [-0.15, -0.1) is 11.3 Å². The number of ether oxygens (including phenoxy) is 1. The second-order valence-electron chi connectivity index (χ2n) is 7.92. The van der Waals surface area contributed by atoms with Crippen LogP contribution >= 0.6 is 22.9 Å². The van der Waals surface area contributed by atoms with Crippen molar-refractivity contribution in [3.05, 3.63) is 69.9 Å². The number of phenolic OH excluding ortho intramolecular Hbond substituents is 1. The molecule has 1 unspecified atom stereocenters. The second kappa shape index (κ2) is 10.8. The topological polar surface area (TPSA) is 91.8 Å². The lowest BCUT2D eigenvalue weighted by molar-refractivity contribution is 0.0946. The van der Waals surface area contributed by atoms with E-state index in [2.05, 4.69) is 10.3 Å². The number of aromatic hydroxyl groups is 1. The van der Waals surface area contributed by atoms with E-state index >= 15 is 0 Å². The van der Waals surface area contributed by atoms with Crippen LogP contribution in [-0.2, 0) is 11.3 Å². The Balaban J connectivity index is 0.000000226. The lowest BCUT2D eigenvalue weighted by atomic mass is 10.0. The van der Waals surface area contributed by atoms with Crippen LogP contribution in [0.25, 0.3) is 10.6 Å². The molecule has 2 N–H and O–H groups in total. The van der Waals surface area contributed by atoms with E-state index in [1.165, 1.54) is 17.8 Å². The smallest absolute Gasteiger partial charge is 0.410 e. The number of benzene rings is 2. The Bertz CT molecular complexity index is 1160. The Hall–Kier alpha value is -3.17. The SMILES string of the molecule is O=C(NCc1ccc(Cl)cc1)c1cc(O)c(-c2nccs2)cc1F.O=C1OCC2CCCCN12. The van der Waals surface area contributed by atoms with Crippen molar-refractivity contribution < 1.29 is 23.8 Å². The number of aromatic nitrogens is 1. The third-order valence-corrected chi connectivity index (χ3v) is 6.68. The number of hydrogen-bond acceptors (Lipinski definition) is 6. The Kier molecular flexibility index (Phi) is 7.64. The van der Waals surface area contributed by atoms with Crippen LogP contribution in [0.5, 0.6) is 5.75 Å². The number of phenols is 1. The summed E-state index contributed by atoms with van der Waals surface area (Å²) in [6.07, 6.45) is 4.98. The Labute approximate surface area is 205 Å². The molecule has 0 saturated carbocycles. The third kappa shape index (κ3) is 5.66. The zero-order valence-electron chi connectivity index (χ0n) is 18.2. The maximum absolute atomic E-state index is 14.2. The van der Waals surface area contributed by atoms with Gasteiger partial charge in [0.1, 0.15) is 23.2 Å². The third-order valence-electron chi connectivity index (χ3n) is 5.62. The van der Waals surface area contributed by atoms with Crippen molar-refractivity contribution in [2.24, 2.45) is 0 Å². The van der Waals surface area contributed by atoms with E-state index in [1.807, 2.05) is 4.90 Å². The van der Waals surface area contributed by atoms with Crippen molar-refractivity contribution in [2.45, 2.75) is 31.8 Å². The molecule has 10 heteroatoms. The maximum atomic E-state index is 14.2. The predicted molar refractivity (Wildman–Crippen MR) is 127 cm³/mol. The van der Waals surface area contributed by atoms with Crippen LogP contribution in [0.15, 0.2) is 48.0 Å². The monoisotopic (exact) mass is 503 g/mol. The highest BCUT2D eigenvalue weighted by Gasteiger charge is 2.34. The molecule has 2 saturated heterocycles. The molecule has 2 fully saturated rings. The van der Waals surface area contributed by atoms with Gasteiger partial charge in [-0.2, -0.15) is 0 Å². The van der Waals surface area contributed by atoms with Crippen molar-refractivity contribution in [1.82, 2.24) is 15.2 Å². The molecule has 7 nitrogen and oxygen atoms in total. The summed E-state index contributed by atoms with van der Waals surface area (Å²) < 4.78 is 19.1. The molecule has 1 aromatic heterocycles. The standard InChI is InChI=1S/C17H12ClFN2O2S.C7H11NO2/c18-11-3-1-10(2-4-11)9-21-16(23)12-8-15(22)13(7-14(12)19)17-20-5-6-24-17;9-7-8-4-2-1-3-6(8)5-10-7/h1-8,22H,9H2,(H,21,23);6H,1-5H2. The molecule has 178 valence electrons. The molecule has 34 heavy (non-hydrogen) atoms. The molecular formula is C24H23ClFN3O4S. The quantitative estimate of drug-likeness (QED) is 0.508. The summed E-state index contributed by atoms with van der Waals surface area (Å²) in [6, 6.07) is 9.58. The second-order valence-corrected chi connectivity index (χ2v) is 9.25. The van der Waals surface area contributed by atoms with Crippen molar-refractivity contribution in [2.75, 3.05) is 13.2 Å². The van der Waals surface area contributed by atoms with Gasteiger partial charge in [0.15, 0.2) is 0 Å². The number of carbonyl (C=O) groups excluding carboxylic acids is 2. The van der Waals surface area contributed by atoms with E-state index in [9.17, 15) is 19.1 Å². The van der Waals surface area contributed by atoms with E-state index in [-0.39, 0.29) is 29.5 Å². The van der Waals surface area contributed by atoms with Crippen LogP contribution < -0.4 is 5.32 Å². The Morgan fingerprint density at radius 2 is 2.09 bits per heavy atom. The van der Waals surface area contributed by atoms with Gasteiger partial charge in [-0.05, 0) is 49.1 Å². The molecule has 3 aromatic rings. The summed E-state index contributed by atoms with van der Waals surface area (Å²) in [5, 5.41) is 15.5. The van der Waals surface area contributed by atoms with Crippen LogP contribution in [0.1, 0.15) is 35.2 Å². The molecule has 2 aliphatic rings. The van der Waals surface area contributed by atoms with Gasteiger partial charge in [-0.25, -0.2) is 14.2 Å². The molecule has 0 radical (unpaired) electrons. The minimum atomic E-state index is -0.716. The fourth-order valence-corrected chi connectivity index (χ4v) is 4.60. The van der Waals surface area contributed by atoms with Crippen LogP contribution in [0.2, 0.25) is 5.02 Å². The largest absolute Gasteiger partial charge is 0.507 e. The summed E-state index contributed by atoms with van der Waals surface area (Å²) in [4.78, 5) is 28.9. The first kappa shape index (κ1) is 24.0. The predicted octanol–water partition coefficient (Wildman–Crippen LogP) is 5.23. The minimum Gasteiger partial charge on any atom is -0.507 e. The molecule has 2 aliphatic heterocycles. The number of fused-ring (bicyclic) bond motifs is 1. The van der Waals surface area contributed by atoms with Crippen molar-refractivity contribution >= 4 is 34.9 Å². The number of cyclic esters (lactones) is 1. The van der Waals surface area contributed by atoms with Gasteiger partial charge in [0.05, 0.1) is 17.2 Å². The number of hydrogen-bond donors (Lipinski definition) is 2. The number of carbonyl (C=O) groups is 2. The first-order valence-corrected chi connectivity index (χ1v) is 12.1. The average molecular weight is 504 g/mol. The average Bonchev–Trinajstić information content (AvgIpc) is 3.51. The number of nitrogens with one attached hydrogen (secondary N) is 1. The van der Waals surface area contributed by atoms with E-state index < -0.39 is 11.7 Å². The lowest BCUT2D eigenvalue weighted by Gasteiger charge is -2.25. The Morgan fingerprint density at radius 1 is 1.29 bits per heavy atom. The number of thiazole rings is 1. The van der Waals surface area contributed by atoms with Crippen molar-refractivity contribution in [3.63, 3.8) is 0 Å². The number of rotatable bonds is 4. The van der Waals surface area contributed by atoms with Gasteiger partial charge in [0.25, 0.3) is 5.91 Å². The molecule has 1 atom stereocenters. The van der Waals surface area contributed by atoms with Crippen molar-refractivity contribution in [1.29, 1.82) is 0 Å². The Morgan fingerprint density at radius 3 is 2.79 bits per heavy atom. The van der Waals surface area contributed by atoms with Gasteiger partial charge in [-0.1, -0.05) is 23.7 Å². The zero-order valence-corrected chi connectivity index (χ0v) is 19.7. The molecular weight excluding hydrogens is 481 g/mol. The zero-order chi connectivity index (χ0) is 24.1. The first-order chi connectivity index (χ1) is 16.4. The molecule has 3 heterocycles.